The minimum absolute atomic E-state index is 0.0424. The molecular weight excluding hydrogens is 472 g/mol. The number of hydrogen-bond donors (Lipinski definition) is 0. The number of hydrogen-bond acceptors (Lipinski definition) is 6. The SMILES string of the molecule is CN(Cc1nc(-c2cccc(Br)c2)no1)C(=O)[C@@H](c1ccccc1)N(C)S(C)(=O)=O. The normalized spacial score (nSPS) is 12.7. The van der Waals surface area contributed by atoms with E-state index in [1.165, 1.54) is 11.9 Å². The summed E-state index contributed by atoms with van der Waals surface area (Å²) >= 11 is 3.40. The molecule has 0 bridgehead atoms. The predicted molar refractivity (Wildman–Crippen MR) is 116 cm³/mol. The maximum absolute atomic E-state index is 13.2. The molecule has 8 nitrogen and oxygen atoms in total. The standard InChI is InChI=1S/C20H21BrN4O4S/c1-24(13-17-22-19(23-29-17)15-10-7-11-16(21)12-15)20(26)18(25(2)30(3,27)28)14-8-5-4-6-9-14/h4-12,18H,13H2,1-3H3/t18-/m1/s1. The number of amides is 1. The zero-order valence-corrected chi connectivity index (χ0v) is 19.1. The molecule has 0 N–H and O–H groups in total. The maximum Gasteiger partial charge on any atom is 0.246 e. The van der Waals surface area contributed by atoms with Gasteiger partial charge in [-0.1, -0.05) is 63.6 Å². The van der Waals surface area contributed by atoms with E-state index in [0.29, 0.717) is 11.4 Å². The van der Waals surface area contributed by atoms with Gasteiger partial charge in [-0.05, 0) is 17.7 Å². The first-order valence-corrected chi connectivity index (χ1v) is 11.6. The van der Waals surface area contributed by atoms with Crippen molar-refractivity contribution in [2.75, 3.05) is 20.4 Å². The minimum atomic E-state index is -3.61. The van der Waals surface area contributed by atoms with Crippen molar-refractivity contribution >= 4 is 31.9 Å². The third kappa shape index (κ3) is 5.13. The van der Waals surface area contributed by atoms with Gasteiger partial charge in [-0.25, -0.2) is 8.42 Å². The van der Waals surface area contributed by atoms with E-state index in [-0.39, 0.29) is 12.4 Å². The molecule has 0 aliphatic carbocycles. The van der Waals surface area contributed by atoms with Crippen LogP contribution in [0, 0.1) is 0 Å². The number of benzene rings is 2. The maximum atomic E-state index is 13.2. The van der Waals surface area contributed by atoms with Crippen LogP contribution in [0.15, 0.2) is 63.6 Å². The van der Waals surface area contributed by atoms with E-state index in [9.17, 15) is 13.2 Å². The number of nitrogens with zero attached hydrogens (tertiary/aromatic N) is 4. The van der Waals surface area contributed by atoms with Crippen molar-refractivity contribution in [1.82, 2.24) is 19.3 Å². The Morgan fingerprint density at radius 3 is 2.47 bits per heavy atom. The molecule has 1 amide bonds. The second-order valence-corrected chi connectivity index (χ2v) is 9.77. The first-order valence-electron chi connectivity index (χ1n) is 8.98. The van der Waals surface area contributed by atoms with Crippen molar-refractivity contribution in [2.45, 2.75) is 12.6 Å². The zero-order chi connectivity index (χ0) is 21.9. The molecule has 0 aliphatic rings. The van der Waals surface area contributed by atoms with Crippen LogP contribution in [-0.2, 0) is 21.4 Å². The van der Waals surface area contributed by atoms with E-state index in [1.807, 2.05) is 24.3 Å². The number of aromatic nitrogens is 2. The van der Waals surface area contributed by atoms with Crippen LogP contribution in [0.2, 0.25) is 0 Å². The Bertz CT molecular complexity index is 1130. The Balaban J connectivity index is 1.82. The number of carbonyl (C=O) groups is 1. The largest absolute Gasteiger partial charge is 0.337 e. The average Bonchev–Trinajstić information content (AvgIpc) is 3.16. The third-order valence-corrected chi connectivity index (χ3v) is 6.29. The van der Waals surface area contributed by atoms with Crippen LogP contribution < -0.4 is 0 Å². The van der Waals surface area contributed by atoms with Crippen LogP contribution in [0.3, 0.4) is 0 Å². The number of carbonyl (C=O) groups excluding carboxylic acids is 1. The summed E-state index contributed by atoms with van der Waals surface area (Å²) < 4.78 is 31.5. The third-order valence-electron chi connectivity index (χ3n) is 4.54. The lowest BCUT2D eigenvalue weighted by molar-refractivity contribution is -0.134. The van der Waals surface area contributed by atoms with Crippen molar-refractivity contribution < 1.29 is 17.7 Å². The highest BCUT2D eigenvalue weighted by Gasteiger charge is 2.33. The molecule has 10 heteroatoms. The highest BCUT2D eigenvalue weighted by atomic mass is 79.9. The van der Waals surface area contributed by atoms with Gasteiger partial charge in [0.2, 0.25) is 27.6 Å². The molecule has 2 aromatic carbocycles. The molecule has 0 saturated carbocycles. The van der Waals surface area contributed by atoms with Crippen LogP contribution in [0.1, 0.15) is 17.5 Å². The highest BCUT2D eigenvalue weighted by molar-refractivity contribution is 9.10. The van der Waals surface area contributed by atoms with Crippen LogP contribution in [0.5, 0.6) is 0 Å². The van der Waals surface area contributed by atoms with Crippen molar-refractivity contribution in [1.29, 1.82) is 0 Å². The van der Waals surface area contributed by atoms with Crippen molar-refractivity contribution in [3.8, 4) is 11.4 Å². The molecular formula is C20H21BrN4O4S. The molecule has 0 fully saturated rings. The zero-order valence-electron chi connectivity index (χ0n) is 16.7. The fourth-order valence-electron chi connectivity index (χ4n) is 2.89. The molecule has 1 aromatic heterocycles. The second kappa shape index (κ2) is 9.07. The van der Waals surface area contributed by atoms with Gasteiger partial charge >= 0.3 is 0 Å². The lowest BCUT2D eigenvalue weighted by Crippen LogP contribution is -2.41. The quantitative estimate of drug-likeness (QED) is 0.502. The Labute approximate surface area is 183 Å². The number of halogens is 1. The smallest absolute Gasteiger partial charge is 0.246 e. The van der Waals surface area contributed by atoms with Gasteiger partial charge in [0.05, 0.1) is 12.8 Å². The molecule has 1 atom stereocenters. The predicted octanol–water partition coefficient (Wildman–Crippen LogP) is 3.09. The van der Waals surface area contributed by atoms with E-state index in [4.69, 9.17) is 4.52 Å². The average molecular weight is 493 g/mol. The van der Waals surface area contributed by atoms with Crippen LogP contribution >= 0.6 is 15.9 Å². The molecule has 3 rings (SSSR count). The fraction of sp³-hybridized carbons (Fsp3) is 0.250. The summed E-state index contributed by atoms with van der Waals surface area (Å²) in [4.78, 5) is 18.9. The van der Waals surface area contributed by atoms with Crippen molar-refractivity contribution in [3.05, 3.63) is 70.5 Å². The van der Waals surface area contributed by atoms with E-state index >= 15 is 0 Å². The van der Waals surface area contributed by atoms with E-state index in [2.05, 4.69) is 26.1 Å². The summed E-state index contributed by atoms with van der Waals surface area (Å²) in [6.45, 7) is 0.0424. The summed E-state index contributed by atoms with van der Waals surface area (Å²) in [6.07, 6.45) is 1.07. The van der Waals surface area contributed by atoms with Gasteiger partial charge in [-0.15, -0.1) is 0 Å². The summed E-state index contributed by atoms with van der Waals surface area (Å²) in [5, 5.41) is 3.97. The molecule has 0 spiro atoms. The van der Waals surface area contributed by atoms with Gasteiger partial charge in [-0.2, -0.15) is 9.29 Å². The first-order chi connectivity index (χ1) is 14.2. The fourth-order valence-corrected chi connectivity index (χ4v) is 3.88. The monoisotopic (exact) mass is 492 g/mol. The van der Waals surface area contributed by atoms with Crippen molar-refractivity contribution in [2.24, 2.45) is 0 Å². The van der Waals surface area contributed by atoms with E-state index in [0.717, 1.165) is 20.6 Å². The Hall–Kier alpha value is -2.56. The van der Waals surface area contributed by atoms with E-state index < -0.39 is 22.0 Å². The van der Waals surface area contributed by atoms with Gasteiger partial charge < -0.3 is 9.42 Å². The van der Waals surface area contributed by atoms with E-state index in [1.54, 1.807) is 37.4 Å². The molecule has 3 aromatic rings. The second-order valence-electron chi connectivity index (χ2n) is 6.81. The molecule has 158 valence electrons. The summed E-state index contributed by atoms with van der Waals surface area (Å²) in [6, 6.07) is 15.2. The first kappa shape index (κ1) is 22.1. The Morgan fingerprint density at radius 2 is 1.83 bits per heavy atom. The molecule has 0 saturated heterocycles. The van der Waals surface area contributed by atoms with Crippen LogP contribution in [0.4, 0.5) is 0 Å². The summed E-state index contributed by atoms with van der Waals surface area (Å²) in [5.74, 6) is 0.242. The lowest BCUT2D eigenvalue weighted by atomic mass is 10.1. The molecule has 0 unspecified atom stereocenters. The number of likely N-dealkylation sites (N-methyl/N-ethyl adjacent to an activating group) is 2. The Morgan fingerprint density at radius 1 is 1.13 bits per heavy atom. The number of rotatable bonds is 7. The topological polar surface area (TPSA) is 96.6 Å². The van der Waals surface area contributed by atoms with Gasteiger partial charge in [0.25, 0.3) is 0 Å². The Kier molecular flexibility index (Phi) is 6.69. The summed E-state index contributed by atoms with van der Waals surface area (Å²) in [5.41, 5.74) is 1.34. The lowest BCUT2D eigenvalue weighted by Gasteiger charge is -2.29. The van der Waals surface area contributed by atoms with Gasteiger partial charge in [0.15, 0.2) is 0 Å². The van der Waals surface area contributed by atoms with Gasteiger partial charge in [0.1, 0.15) is 6.04 Å². The number of sulfonamides is 1. The van der Waals surface area contributed by atoms with Gasteiger partial charge in [-0.3, -0.25) is 4.79 Å². The molecule has 0 radical (unpaired) electrons. The molecule has 1 heterocycles. The van der Waals surface area contributed by atoms with Crippen LogP contribution in [0.25, 0.3) is 11.4 Å². The van der Waals surface area contributed by atoms with Gasteiger partial charge in [0, 0.05) is 24.1 Å². The molecule has 30 heavy (non-hydrogen) atoms. The molecule has 0 aliphatic heterocycles. The highest BCUT2D eigenvalue weighted by Crippen LogP contribution is 2.25. The van der Waals surface area contributed by atoms with Crippen LogP contribution in [-0.4, -0.2) is 54.0 Å². The summed E-state index contributed by atoms with van der Waals surface area (Å²) in [7, 11) is -0.655. The van der Waals surface area contributed by atoms with Crippen molar-refractivity contribution in [3.63, 3.8) is 0 Å². The minimum Gasteiger partial charge on any atom is -0.337 e.